The van der Waals surface area contributed by atoms with Gasteiger partial charge in [0.05, 0.1) is 22.1 Å². The van der Waals surface area contributed by atoms with E-state index < -0.39 is 0 Å². The zero-order chi connectivity index (χ0) is 21.9. The molecular weight excluding hydrogens is 470 g/mol. The van der Waals surface area contributed by atoms with E-state index in [9.17, 15) is 0 Å². The largest absolute Gasteiger partial charge is 0.309 e. The molecule has 0 atom stereocenters. The van der Waals surface area contributed by atoms with E-state index in [4.69, 9.17) is 4.98 Å². The Morgan fingerprint density at radius 2 is 1.24 bits per heavy atom. The molecule has 3 heterocycles. The molecule has 0 spiro atoms. The topological polar surface area (TPSA) is 22.8 Å². The van der Waals surface area contributed by atoms with E-state index in [1.165, 1.54) is 38.1 Å². The predicted molar refractivity (Wildman–Crippen MR) is 141 cm³/mol. The highest BCUT2D eigenvalue weighted by molar-refractivity contribution is 9.10. The van der Waals surface area contributed by atoms with Crippen molar-refractivity contribution in [3.63, 3.8) is 0 Å². The molecule has 3 nitrogen and oxygen atoms in total. The molecule has 4 heteroatoms. The van der Waals surface area contributed by atoms with Crippen LogP contribution in [0.4, 0.5) is 0 Å². The Bertz CT molecular complexity index is 1810. The van der Waals surface area contributed by atoms with Gasteiger partial charge in [-0.05, 0) is 58.4 Å². The predicted octanol–water partition coefficient (Wildman–Crippen LogP) is 8.04. The van der Waals surface area contributed by atoms with Crippen molar-refractivity contribution in [2.24, 2.45) is 0 Å². The van der Waals surface area contributed by atoms with Crippen LogP contribution < -0.4 is 0 Å². The van der Waals surface area contributed by atoms with Gasteiger partial charge < -0.3 is 4.57 Å². The quantitative estimate of drug-likeness (QED) is 0.242. The molecule has 0 unspecified atom stereocenters. The van der Waals surface area contributed by atoms with Crippen molar-refractivity contribution in [1.82, 2.24) is 14.1 Å². The van der Waals surface area contributed by atoms with E-state index >= 15 is 0 Å². The van der Waals surface area contributed by atoms with Crippen LogP contribution in [-0.4, -0.2) is 14.1 Å². The van der Waals surface area contributed by atoms with Gasteiger partial charge in [0.1, 0.15) is 5.82 Å². The van der Waals surface area contributed by atoms with Crippen LogP contribution in [0.5, 0.6) is 0 Å². The average Bonchev–Trinajstić information content (AvgIpc) is 3.38. The summed E-state index contributed by atoms with van der Waals surface area (Å²) in [4.78, 5) is 4.78. The number of nitrogens with zero attached hydrogens (tertiary/aromatic N) is 3. The van der Waals surface area contributed by atoms with Crippen molar-refractivity contribution in [1.29, 1.82) is 0 Å². The van der Waals surface area contributed by atoms with Crippen molar-refractivity contribution >= 4 is 59.5 Å². The van der Waals surface area contributed by atoms with Crippen LogP contribution in [0.1, 0.15) is 0 Å². The summed E-state index contributed by atoms with van der Waals surface area (Å²) in [7, 11) is 0. The molecule has 0 bridgehead atoms. The smallest absolute Gasteiger partial charge is 0.137 e. The first-order valence-corrected chi connectivity index (χ1v) is 11.7. The molecule has 0 saturated heterocycles. The third-order valence-electron chi connectivity index (χ3n) is 6.43. The molecule has 0 aliphatic carbocycles. The molecule has 7 aromatic rings. The molecule has 0 aliphatic heterocycles. The number of hydrogen-bond donors (Lipinski definition) is 0. The maximum absolute atomic E-state index is 4.78. The Kier molecular flexibility index (Phi) is 3.99. The lowest BCUT2D eigenvalue weighted by Crippen LogP contribution is -1.97. The highest BCUT2D eigenvalue weighted by Gasteiger charge is 2.20. The lowest BCUT2D eigenvalue weighted by molar-refractivity contribution is 1.08. The van der Waals surface area contributed by atoms with Crippen molar-refractivity contribution in [3.05, 3.63) is 114 Å². The van der Waals surface area contributed by atoms with Crippen LogP contribution in [0.2, 0.25) is 0 Å². The molecule has 33 heavy (non-hydrogen) atoms. The highest BCUT2D eigenvalue weighted by atomic mass is 79.9. The zero-order valence-electron chi connectivity index (χ0n) is 17.6. The fourth-order valence-electron chi connectivity index (χ4n) is 5.10. The fourth-order valence-corrected chi connectivity index (χ4v) is 5.34. The van der Waals surface area contributed by atoms with Crippen molar-refractivity contribution in [3.8, 4) is 11.5 Å². The third kappa shape index (κ3) is 2.65. The maximum Gasteiger partial charge on any atom is 0.137 e. The van der Waals surface area contributed by atoms with Crippen LogP contribution >= 0.6 is 15.9 Å². The van der Waals surface area contributed by atoms with Crippen molar-refractivity contribution in [2.75, 3.05) is 0 Å². The summed E-state index contributed by atoms with van der Waals surface area (Å²) in [6.45, 7) is 0. The Morgan fingerprint density at radius 1 is 0.545 bits per heavy atom. The number of pyridine rings is 1. The summed E-state index contributed by atoms with van der Waals surface area (Å²) in [6, 6.07) is 36.5. The van der Waals surface area contributed by atoms with Gasteiger partial charge in [-0.15, -0.1) is 0 Å². The maximum atomic E-state index is 4.78. The SMILES string of the molecule is Brc1ccc(-n2c3ccccc3c3ccc4c(c5ccccc5n4-c4ccccc4)c32)nc1. The molecule has 4 aromatic carbocycles. The second kappa shape index (κ2) is 7.06. The van der Waals surface area contributed by atoms with Gasteiger partial charge in [0, 0.05) is 37.9 Å². The Balaban J connectivity index is 1.75. The standard InChI is InChI=1S/C29H18BrN3/c30-19-14-17-27(31-18-19)33-24-12-6-4-10-21(24)22-15-16-26-28(29(22)33)23-11-5-7-13-25(23)32(26)20-8-2-1-3-9-20/h1-18H. The Labute approximate surface area is 198 Å². The summed E-state index contributed by atoms with van der Waals surface area (Å²) < 4.78 is 5.64. The van der Waals surface area contributed by atoms with Gasteiger partial charge in [-0.1, -0.05) is 60.7 Å². The van der Waals surface area contributed by atoms with Crippen molar-refractivity contribution in [2.45, 2.75) is 0 Å². The summed E-state index contributed by atoms with van der Waals surface area (Å²) >= 11 is 3.53. The highest BCUT2D eigenvalue weighted by Crippen LogP contribution is 2.41. The minimum atomic E-state index is 0.911. The third-order valence-corrected chi connectivity index (χ3v) is 6.89. The van der Waals surface area contributed by atoms with Gasteiger partial charge in [-0.2, -0.15) is 0 Å². The molecule has 156 valence electrons. The van der Waals surface area contributed by atoms with Gasteiger partial charge in [0.25, 0.3) is 0 Å². The molecule has 0 fully saturated rings. The molecule has 3 aromatic heterocycles. The van der Waals surface area contributed by atoms with E-state index in [0.29, 0.717) is 0 Å². The summed E-state index contributed by atoms with van der Waals surface area (Å²) in [5.41, 5.74) is 5.90. The minimum Gasteiger partial charge on any atom is -0.309 e. The minimum absolute atomic E-state index is 0.911. The van der Waals surface area contributed by atoms with E-state index in [0.717, 1.165) is 21.5 Å². The molecule has 0 saturated carbocycles. The van der Waals surface area contributed by atoms with E-state index in [-0.39, 0.29) is 0 Å². The van der Waals surface area contributed by atoms with E-state index in [1.807, 2.05) is 6.20 Å². The summed E-state index contributed by atoms with van der Waals surface area (Å²) in [5.74, 6) is 0.911. The number of benzene rings is 4. The first kappa shape index (κ1) is 18.7. The van der Waals surface area contributed by atoms with Crippen molar-refractivity contribution < 1.29 is 0 Å². The van der Waals surface area contributed by atoms with Gasteiger partial charge in [-0.25, -0.2) is 4.98 Å². The van der Waals surface area contributed by atoms with Crippen LogP contribution in [0, 0.1) is 0 Å². The molecule has 0 radical (unpaired) electrons. The lowest BCUT2D eigenvalue weighted by Gasteiger charge is -2.09. The Morgan fingerprint density at radius 3 is 2.00 bits per heavy atom. The molecule has 7 rings (SSSR count). The molecular formula is C29H18BrN3. The number of aromatic nitrogens is 3. The first-order valence-electron chi connectivity index (χ1n) is 10.9. The monoisotopic (exact) mass is 487 g/mol. The Hall–Kier alpha value is -3.89. The summed E-state index contributed by atoms with van der Waals surface area (Å²) in [5, 5.41) is 4.95. The van der Waals surface area contributed by atoms with E-state index in [2.05, 4.69) is 128 Å². The lowest BCUT2D eigenvalue weighted by atomic mass is 10.1. The van der Waals surface area contributed by atoms with Crippen LogP contribution in [0.15, 0.2) is 114 Å². The second-order valence-corrected chi connectivity index (χ2v) is 9.15. The second-order valence-electron chi connectivity index (χ2n) is 8.23. The van der Waals surface area contributed by atoms with Crippen LogP contribution in [0.25, 0.3) is 55.1 Å². The molecule has 0 aliphatic rings. The van der Waals surface area contributed by atoms with Gasteiger partial charge >= 0.3 is 0 Å². The first-order chi connectivity index (χ1) is 16.3. The number of para-hydroxylation sites is 3. The summed E-state index contributed by atoms with van der Waals surface area (Å²) in [6.07, 6.45) is 1.86. The van der Waals surface area contributed by atoms with Gasteiger partial charge in [0.15, 0.2) is 0 Å². The van der Waals surface area contributed by atoms with Gasteiger partial charge in [-0.3, -0.25) is 4.57 Å². The zero-order valence-corrected chi connectivity index (χ0v) is 19.2. The average molecular weight is 488 g/mol. The number of hydrogen-bond acceptors (Lipinski definition) is 1. The van der Waals surface area contributed by atoms with E-state index in [1.54, 1.807) is 0 Å². The number of fused-ring (bicyclic) bond motifs is 7. The van der Waals surface area contributed by atoms with Gasteiger partial charge in [0.2, 0.25) is 0 Å². The molecule has 0 amide bonds. The van der Waals surface area contributed by atoms with Crippen LogP contribution in [0.3, 0.4) is 0 Å². The number of halogens is 1. The normalized spacial score (nSPS) is 11.8. The molecule has 0 N–H and O–H groups in total. The van der Waals surface area contributed by atoms with Crippen LogP contribution in [-0.2, 0) is 0 Å². The number of rotatable bonds is 2. The fraction of sp³-hybridized carbons (Fsp3) is 0.